The van der Waals surface area contributed by atoms with Crippen molar-refractivity contribution >= 4 is 22.9 Å². The first-order chi connectivity index (χ1) is 8.16. The second-order valence-electron chi connectivity index (χ2n) is 3.72. The van der Waals surface area contributed by atoms with Crippen LogP contribution < -0.4 is 4.57 Å². The van der Waals surface area contributed by atoms with Crippen molar-refractivity contribution in [1.29, 1.82) is 0 Å². The minimum Gasteiger partial charge on any atom is -0.295 e. The van der Waals surface area contributed by atoms with E-state index in [9.17, 15) is 9.59 Å². The lowest BCUT2D eigenvalue weighted by molar-refractivity contribution is -0.683. The number of Topliss-reactive ketones (excluding diaryl/α,β-unsaturated/α-hetero) is 2. The third kappa shape index (κ3) is 2.85. The van der Waals surface area contributed by atoms with Crippen molar-refractivity contribution in [3.63, 3.8) is 0 Å². The van der Waals surface area contributed by atoms with Gasteiger partial charge in [-0.1, -0.05) is 6.07 Å². The molecule has 86 valence electrons. The number of rotatable bonds is 4. The monoisotopic (exact) mass is 246 g/mol. The zero-order chi connectivity index (χ0) is 12.3. The number of hydrogen-bond donors (Lipinski definition) is 0. The first-order valence-electron chi connectivity index (χ1n) is 5.23. The van der Waals surface area contributed by atoms with E-state index >= 15 is 0 Å². The number of thiophene rings is 1. The van der Waals surface area contributed by atoms with Gasteiger partial charge in [-0.05, 0) is 18.4 Å². The summed E-state index contributed by atoms with van der Waals surface area (Å²) >= 11 is 1.44. The Morgan fingerprint density at radius 2 is 1.94 bits per heavy atom. The highest BCUT2D eigenvalue weighted by molar-refractivity contribution is 7.12. The number of carbonyl (C=O) groups excluding carboxylic acids is 2. The predicted octanol–water partition coefficient (Wildman–Crippen LogP) is 2.12. The van der Waals surface area contributed by atoms with Crippen molar-refractivity contribution in [2.45, 2.75) is 13.5 Å². The Hall–Kier alpha value is -1.81. The normalized spacial score (nSPS) is 10.2. The third-order valence-corrected chi connectivity index (χ3v) is 3.33. The van der Waals surface area contributed by atoms with E-state index in [0.717, 1.165) is 4.88 Å². The van der Waals surface area contributed by atoms with Gasteiger partial charge in [0.05, 0.1) is 4.88 Å². The van der Waals surface area contributed by atoms with Crippen molar-refractivity contribution in [2.75, 3.05) is 0 Å². The van der Waals surface area contributed by atoms with E-state index in [1.165, 1.54) is 18.3 Å². The molecule has 0 saturated heterocycles. The Labute approximate surface area is 103 Å². The summed E-state index contributed by atoms with van der Waals surface area (Å²) < 4.78 is 1.77. The van der Waals surface area contributed by atoms with Gasteiger partial charge < -0.3 is 0 Å². The maximum Gasteiger partial charge on any atom is 0.237 e. The Morgan fingerprint density at radius 3 is 2.47 bits per heavy atom. The van der Waals surface area contributed by atoms with E-state index in [2.05, 4.69) is 0 Å². The van der Waals surface area contributed by atoms with Crippen molar-refractivity contribution in [1.82, 2.24) is 0 Å². The molecule has 0 bridgehead atoms. The van der Waals surface area contributed by atoms with Crippen LogP contribution in [0.2, 0.25) is 0 Å². The van der Waals surface area contributed by atoms with Crippen LogP contribution in [-0.4, -0.2) is 11.6 Å². The van der Waals surface area contributed by atoms with Gasteiger partial charge in [-0.2, -0.15) is 4.57 Å². The summed E-state index contributed by atoms with van der Waals surface area (Å²) in [5, 5.41) is 1.89. The van der Waals surface area contributed by atoms with Crippen molar-refractivity contribution < 1.29 is 14.2 Å². The standard InChI is InChI=1S/C13H12NO2S/c1-10(15)11-4-6-14(7-5-11)9-12(16)13-3-2-8-17-13/h2-8H,9H2,1H3/q+1. The van der Waals surface area contributed by atoms with Gasteiger partial charge in [-0.3, -0.25) is 9.59 Å². The molecule has 0 aromatic carbocycles. The molecular formula is C13H12NO2S+. The second-order valence-corrected chi connectivity index (χ2v) is 4.66. The lowest BCUT2D eigenvalue weighted by Gasteiger charge is -1.96. The Balaban J connectivity index is 2.09. The third-order valence-electron chi connectivity index (χ3n) is 2.42. The van der Waals surface area contributed by atoms with E-state index in [1.807, 2.05) is 17.5 Å². The number of hydrogen-bond acceptors (Lipinski definition) is 3. The number of aromatic nitrogens is 1. The molecule has 0 aliphatic rings. The van der Waals surface area contributed by atoms with Crippen LogP contribution in [0, 0.1) is 0 Å². The fraction of sp³-hybridized carbons (Fsp3) is 0.154. The van der Waals surface area contributed by atoms with Gasteiger partial charge in [0, 0.05) is 17.7 Å². The van der Waals surface area contributed by atoms with Crippen LogP contribution in [0.4, 0.5) is 0 Å². The molecule has 2 aromatic rings. The van der Waals surface area contributed by atoms with Gasteiger partial charge in [-0.15, -0.1) is 11.3 Å². The topological polar surface area (TPSA) is 38.0 Å². The molecule has 0 spiro atoms. The Morgan fingerprint density at radius 1 is 1.24 bits per heavy atom. The van der Waals surface area contributed by atoms with Crippen molar-refractivity contribution in [2.24, 2.45) is 0 Å². The Kier molecular flexibility index (Phi) is 3.44. The summed E-state index contributed by atoms with van der Waals surface area (Å²) in [6.07, 6.45) is 3.50. The van der Waals surface area contributed by atoms with E-state index in [-0.39, 0.29) is 11.6 Å². The fourth-order valence-electron chi connectivity index (χ4n) is 1.48. The largest absolute Gasteiger partial charge is 0.295 e. The number of carbonyl (C=O) groups is 2. The number of ketones is 2. The zero-order valence-corrected chi connectivity index (χ0v) is 10.2. The van der Waals surface area contributed by atoms with E-state index in [4.69, 9.17) is 0 Å². The van der Waals surface area contributed by atoms with Gasteiger partial charge in [0.25, 0.3) is 0 Å². The number of nitrogens with zero attached hydrogens (tertiary/aromatic N) is 1. The minimum atomic E-state index is 0.0294. The maximum absolute atomic E-state index is 11.8. The molecule has 0 unspecified atom stereocenters. The van der Waals surface area contributed by atoms with Crippen LogP contribution in [0.5, 0.6) is 0 Å². The molecule has 0 atom stereocenters. The lowest BCUT2D eigenvalue weighted by Crippen LogP contribution is -2.37. The fourth-order valence-corrected chi connectivity index (χ4v) is 2.14. The van der Waals surface area contributed by atoms with Crippen LogP contribution >= 0.6 is 11.3 Å². The highest BCUT2D eigenvalue weighted by Crippen LogP contribution is 2.09. The average molecular weight is 246 g/mol. The van der Waals surface area contributed by atoms with Gasteiger partial charge >= 0.3 is 0 Å². The van der Waals surface area contributed by atoms with Crippen molar-refractivity contribution in [3.05, 3.63) is 52.5 Å². The lowest BCUT2D eigenvalue weighted by atomic mass is 10.2. The summed E-state index contributed by atoms with van der Waals surface area (Å²) in [5.74, 6) is 0.113. The molecule has 0 N–H and O–H groups in total. The molecule has 2 heterocycles. The second kappa shape index (κ2) is 5.01. The molecule has 0 fully saturated rings. The zero-order valence-electron chi connectivity index (χ0n) is 9.42. The van der Waals surface area contributed by atoms with Gasteiger partial charge in [0.1, 0.15) is 0 Å². The summed E-state index contributed by atoms with van der Waals surface area (Å²) in [5.41, 5.74) is 0.657. The predicted molar refractivity (Wildman–Crippen MR) is 65.3 cm³/mol. The first-order valence-corrected chi connectivity index (χ1v) is 6.11. The smallest absolute Gasteiger partial charge is 0.237 e. The molecule has 0 amide bonds. The molecule has 17 heavy (non-hydrogen) atoms. The van der Waals surface area contributed by atoms with Crippen LogP contribution in [0.15, 0.2) is 42.0 Å². The first kappa shape index (κ1) is 11.7. The van der Waals surface area contributed by atoms with Crippen LogP contribution in [0.3, 0.4) is 0 Å². The molecule has 3 nitrogen and oxygen atoms in total. The van der Waals surface area contributed by atoms with E-state index in [0.29, 0.717) is 12.1 Å². The molecule has 0 radical (unpaired) electrons. The molecule has 2 rings (SSSR count). The van der Waals surface area contributed by atoms with Crippen LogP contribution in [0.1, 0.15) is 27.0 Å². The summed E-state index contributed by atoms with van der Waals surface area (Å²) in [7, 11) is 0. The summed E-state index contributed by atoms with van der Waals surface area (Å²) in [4.78, 5) is 23.7. The number of pyridine rings is 1. The van der Waals surface area contributed by atoms with E-state index < -0.39 is 0 Å². The molecule has 4 heteroatoms. The van der Waals surface area contributed by atoms with Gasteiger partial charge in [-0.25, -0.2) is 0 Å². The highest BCUT2D eigenvalue weighted by Gasteiger charge is 2.13. The molecule has 0 aliphatic carbocycles. The molecule has 0 aliphatic heterocycles. The average Bonchev–Trinajstić information content (AvgIpc) is 2.83. The SMILES string of the molecule is CC(=O)c1cc[n+](CC(=O)c2cccs2)cc1. The summed E-state index contributed by atoms with van der Waals surface area (Å²) in [6, 6.07) is 7.13. The molecule has 0 saturated carbocycles. The van der Waals surface area contributed by atoms with Gasteiger partial charge in [0.15, 0.2) is 18.2 Å². The van der Waals surface area contributed by atoms with Crippen molar-refractivity contribution in [3.8, 4) is 0 Å². The van der Waals surface area contributed by atoms with Crippen LogP contribution in [0.25, 0.3) is 0 Å². The van der Waals surface area contributed by atoms with Gasteiger partial charge in [0.2, 0.25) is 12.3 Å². The van der Waals surface area contributed by atoms with Crippen LogP contribution in [-0.2, 0) is 6.54 Å². The highest BCUT2D eigenvalue weighted by atomic mass is 32.1. The quantitative estimate of drug-likeness (QED) is 0.612. The minimum absolute atomic E-state index is 0.0294. The van der Waals surface area contributed by atoms with E-state index in [1.54, 1.807) is 29.1 Å². The Bertz CT molecular complexity index is 529. The summed E-state index contributed by atoms with van der Waals surface area (Å²) in [6.45, 7) is 1.83. The maximum atomic E-state index is 11.8. The molecule has 2 aromatic heterocycles. The molecular weight excluding hydrogens is 234 g/mol.